The van der Waals surface area contributed by atoms with Gasteiger partial charge < -0.3 is 4.90 Å². The highest BCUT2D eigenvalue weighted by Gasteiger charge is 2.27. The molecule has 0 unspecified atom stereocenters. The molecular formula is C18H18FN3O3. The molecule has 1 aromatic carbocycles. The van der Waals surface area contributed by atoms with Crippen LogP contribution in [-0.4, -0.2) is 28.8 Å². The summed E-state index contributed by atoms with van der Waals surface area (Å²) in [5, 5.41) is 10.9. The first-order chi connectivity index (χ1) is 12.0. The molecule has 1 aromatic heterocycles. The van der Waals surface area contributed by atoms with Crippen LogP contribution < -0.4 is 4.90 Å². The minimum absolute atomic E-state index is 0.00474. The van der Waals surface area contributed by atoms with Crippen molar-refractivity contribution in [1.29, 1.82) is 0 Å². The maximum atomic E-state index is 13.0. The van der Waals surface area contributed by atoms with E-state index >= 15 is 0 Å². The quantitative estimate of drug-likeness (QED) is 0.482. The van der Waals surface area contributed by atoms with Crippen molar-refractivity contribution in [2.24, 2.45) is 5.92 Å². The zero-order valence-corrected chi connectivity index (χ0v) is 13.8. The van der Waals surface area contributed by atoms with Gasteiger partial charge in [-0.25, -0.2) is 9.37 Å². The second-order valence-electron chi connectivity index (χ2n) is 6.22. The van der Waals surface area contributed by atoms with Crippen LogP contribution in [0.3, 0.4) is 0 Å². The monoisotopic (exact) mass is 343 g/mol. The van der Waals surface area contributed by atoms with Crippen molar-refractivity contribution in [1.82, 2.24) is 4.98 Å². The summed E-state index contributed by atoms with van der Waals surface area (Å²) in [4.78, 5) is 29.1. The smallest absolute Gasteiger partial charge is 0.290 e. The first-order valence-electron chi connectivity index (χ1n) is 8.11. The molecule has 130 valence electrons. The normalized spacial score (nSPS) is 15.2. The molecule has 2 heterocycles. The average Bonchev–Trinajstić information content (AvgIpc) is 2.61. The van der Waals surface area contributed by atoms with E-state index in [1.54, 1.807) is 13.0 Å². The molecule has 3 rings (SSSR count). The number of benzene rings is 1. The molecular weight excluding hydrogens is 325 g/mol. The third-order valence-electron chi connectivity index (χ3n) is 4.58. The lowest BCUT2D eigenvalue weighted by molar-refractivity contribution is -0.385. The van der Waals surface area contributed by atoms with Crippen molar-refractivity contribution >= 4 is 17.3 Å². The van der Waals surface area contributed by atoms with Gasteiger partial charge in [0.15, 0.2) is 5.78 Å². The van der Waals surface area contributed by atoms with Crippen molar-refractivity contribution in [3.8, 4) is 0 Å². The van der Waals surface area contributed by atoms with Crippen molar-refractivity contribution in [2.75, 3.05) is 18.0 Å². The molecule has 0 N–H and O–H groups in total. The Balaban J connectivity index is 1.65. The SMILES string of the molecule is Cc1cc(N2CCC(C(=O)c3ccc(F)cc3)CC2)ncc1[N+](=O)[O-]. The van der Waals surface area contributed by atoms with Crippen LogP contribution in [0.5, 0.6) is 0 Å². The molecule has 0 spiro atoms. The van der Waals surface area contributed by atoms with Crippen LogP contribution in [0.2, 0.25) is 0 Å². The summed E-state index contributed by atoms with van der Waals surface area (Å²) in [6.07, 6.45) is 2.63. The molecule has 25 heavy (non-hydrogen) atoms. The van der Waals surface area contributed by atoms with Crippen LogP contribution >= 0.6 is 0 Å². The van der Waals surface area contributed by atoms with Crippen molar-refractivity contribution in [3.63, 3.8) is 0 Å². The Kier molecular flexibility index (Phi) is 4.74. The maximum absolute atomic E-state index is 13.0. The number of carbonyl (C=O) groups excluding carboxylic acids is 1. The minimum Gasteiger partial charge on any atom is -0.357 e. The average molecular weight is 343 g/mol. The lowest BCUT2D eigenvalue weighted by Crippen LogP contribution is -2.36. The summed E-state index contributed by atoms with van der Waals surface area (Å²) in [6.45, 7) is 3.00. The van der Waals surface area contributed by atoms with Crippen molar-refractivity contribution < 1.29 is 14.1 Å². The molecule has 0 bridgehead atoms. The van der Waals surface area contributed by atoms with Gasteiger partial charge in [0.2, 0.25) is 0 Å². The highest BCUT2D eigenvalue weighted by molar-refractivity contribution is 5.97. The highest BCUT2D eigenvalue weighted by Crippen LogP contribution is 2.27. The topological polar surface area (TPSA) is 76.3 Å². The Labute approximate surface area is 144 Å². The predicted molar refractivity (Wildman–Crippen MR) is 91.3 cm³/mol. The number of hydrogen-bond acceptors (Lipinski definition) is 5. The fourth-order valence-corrected chi connectivity index (χ4v) is 3.12. The lowest BCUT2D eigenvalue weighted by atomic mass is 9.89. The molecule has 0 atom stereocenters. The van der Waals surface area contributed by atoms with Crippen molar-refractivity contribution in [3.05, 3.63) is 63.6 Å². The molecule has 6 nitrogen and oxygen atoms in total. The van der Waals surface area contributed by atoms with E-state index in [0.717, 1.165) is 0 Å². The molecule has 2 aromatic rings. The van der Waals surface area contributed by atoms with Crippen LogP contribution in [0.1, 0.15) is 28.8 Å². The number of aryl methyl sites for hydroxylation is 1. The second kappa shape index (κ2) is 6.96. The number of nitro groups is 1. The fraction of sp³-hybridized carbons (Fsp3) is 0.333. The van der Waals surface area contributed by atoms with E-state index in [9.17, 15) is 19.3 Å². The Bertz CT molecular complexity index is 800. The van der Waals surface area contributed by atoms with E-state index in [0.29, 0.717) is 42.9 Å². The number of piperidine rings is 1. The van der Waals surface area contributed by atoms with Crippen LogP contribution in [-0.2, 0) is 0 Å². The number of anilines is 1. The largest absolute Gasteiger partial charge is 0.357 e. The van der Waals surface area contributed by atoms with Gasteiger partial charge in [0.25, 0.3) is 5.69 Å². The van der Waals surface area contributed by atoms with E-state index in [1.807, 2.05) is 4.90 Å². The van der Waals surface area contributed by atoms with Gasteiger partial charge in [0.05, 0.1) is 4.92 Å². The van der Waals surface area contributed by atoms with E-state index in [4.69, 9.17) is 0 Å². The molecule has 1 aliphatic heterocycles. The Morgan fingerprint density at radius 1 is 1.28 bits per heavy atom. The lowest BCUT2D eigenvalue weighted by Gasteiger charge is -2.32. The maximum Gasteiger partial charge on any atom is 0.290 e. The van der Waals surface area contributed by atoms with Gasteiger partial charge in [0, 0.05) is 30.1 Å². The van der Waals surface area contributed by atoms with E-state index in [-0.39, 0.29) is 23.2 Å². The number of pyridine rings is 1. The number of aromatic nitrogens is 1. The number of hydrogen-bond donors (Lipinski definition) is 0. The van der Waals surface area contributed by atoms with Gasteiger partial charge in [-0.1, -0.05) is 0 Å². The zero-order valence-electron chi connectivity index (χ0n) is 13.8. The summed E-state index contributed by atoms with van der Waals surface area (Å²) in [6, 6.07) is 7.34. The van der Waals surface area contributed by atoms with Crippen LogP contribution in [0.25, 0.3) is 0 Å². The van der Waals surface area contributed by atoms with Gasteiger partial charge in [-0.2, -0.15) is 0 Å². The molecule has 0 radical (unpaired) electrons. The Hall–Kier alpha value is -2.83. The van der Waals surface area contributed by atoms with Crippen molar-refractivity contribution in [2.45, 2.75) is 19.8 Å². The molecule has 0 aliphatic carbocycles. The molecule has 1 fully saturated rings. The van der Waals surface area contributed by atoms with Crippen LogP contribution in [0.4, 0.5) is 15.9 Å². The third kappa shape index (κ3) is 3.65. The third-order valence-corrected chi connectivity index (χ3v) is 4.58. The van der Waals surface area contributed by atoms with E-state index in [1.165, 1.54) is 30.5 Å². The molecule has 0 saturated carbocycles. The highest BCUT2D eigenvalue weighted by atomic mass is 19.1. The number of halogens is 1. The van der Waals surface area contributed by atoms with Crippen LogP contribution in [0, 0.1) is 28.8 Å². The number of Topliss-reactive ketones (excluding diaryl/α,β-unsaturated/α-hetero) is 1. The van der Waals surface area contributed by atoms with Gasteiger partial charge in [-0.15, -0.1) is 0 Å². The van der Waals surface area contributed by atoms with Gasteiger partial charge in [-0.05, 0) is 50.1 Å². The minimum atomic E-state index is -0.445. The number of carbonyl (C=O) groups is 1. The molecule has 0 amide bonds. The first kappa shape index (κ1) is 17.0. The van der Waals surface area contributed by atoms with E-state index < -0.39 is 4.92 Å². The standard InChI is InChI=1S/C18H18FN3O3/c1-12-10-17(20-11-16(12)22(24)25)21-8-6-14(7-9-21)18(23)13-2-4-15(19)5-3-13/h2-5,10-11,14H,6-9H2,1H3. The summed E-state index contributed by atoms with van der Waals surface area (Å²) in [7, 11) is 0. The predicted octanol–water partition coefficient (Wildman–Crippen LogP) is 3.54. The second-order valence-corrected chi connectivity index (χ2v) is 6.22. The fourth-order valence-electron chi connectivity index (χ4n) is 3.12. The van der Waals surface area contributed by atoms with Gasteiger partial charge in [0.1, 0.15) is 17.8 Å². The van der Waals surface area contributed by atoms with Gasteiger partial charge >= 0.3 is 0 Å². The Morgan fingerprint density at radius 3 is 2.48 bits per heavy atom. The molecule has 1 aliphatic rings. The first-order valence-corrected chi connectivity index (χ1v) is 8.11. The summed E-state index contributed by atoms with van der Waals surface area (Å²) in [5.74, 6) is 0.273. The molecule has 7 heteroatoms. The number of rotatable bonds is 4. The number of nitrogens with zero attached hydrogens (tertiary/aromatic N) is 3. The molecule has 1 saturated heterocycles. The summed E-state index contributed by atoms with van der Waals surface area (Å²) >= 11 is 0. The zero-order chi connectivity index (χ0) is 18.0. The summed E-state index contributed by atoms with van der Waals surface area (Å²) in [5.41, 5.74) is 1.11. The van der Waals surface area contributed by atoms with Crippen LogP contribution in [0.15, 0.2) is 36.5 Å². The summed E-state index contributed by atoms with van der Waals surface area (Å²) < 4.78 is 13.0. The number of ketones is 1. The van der Waals surface area contributed by atoms with E-state index in [2.05, 4.69) is 4.98 Å². The Morgan fingerprint density at radius 2 is 1.92 bits per heavy atom. The van der Waals surface area contributed by atoms with Gasteiger partial charge in [-0.3, -0.25) is 14.9 Å².